The van der Waals surface area contributed by atoms with E-state index >= 15 is 0 Å². The van der Waals surface area contributed by atoms with E-state index in [-0.39, 0.29) is 5.75 Å². The molecule has 1 aromatic heterocycles. The average Bonchev–Trinajstić information content (AvgIpc) is 2.25. The summed E-state index contributed by atoms with van der Waals surface area (Å²) in [4.78, 5) is 24.0. The molecule has 1 atom stereocenters. The first-order chi connectivity index (χ1) is 7.93. The van der Waals surface area contributed by atoms with Crippen LogP contribution in [-0.2, 0) is 7.05 Å². The van der Waals surface area contributed by atoms with Crippen LogP contribution in [0.1, 0.15) is 13.1 Å². The Labute approximate surface area is 96.5 Å². The molecule has 0 aliphatic rings. The molecule has 90 valence electrons. The first-order valence-electron chi connectivity index (χ1n) is 5.13. The first kappa shape index (κ1) is 11.4. The Kier molecular flexibility index (Phi) is 2.51. The smallest absolute Gasteiger partial charge is 0.332 e. The van der Waals surface area contributed by atoms with Crippen molar-refractivity contribution in [2.75, 3.05) is 0 Å². The summed E-state index contributed by atoms with van der Waals surface area (Å²) in [5, 5.41) is 9.72. The van der Waals surface area contributed by atoms with Crippen molar-refractivity contribution >= 4 is 10.9 Å². The monoisotopic (exact) mass is 235 g/mol. The summed E-state index contributed by atoms with van der Waals surface area (Å²) in [6.45, 7) is 1.56. The molecule has 0 bridgehead atoms. The molecule has 1 aromatic carbocycles. The van der Waals surface area contributed by atoms with Gasteiger partial charge >= 0.3 is 5.69 Å². The van der Waals surface area contributed by atoms with Gasteiger partial charge in [-0.2, -0.15) is 0 Å². The van der Waals surface area contributed by atoms with Gasteiger partial charge in [0.25, 0.3) is 5.56 Å². The Morgan fingerprint density at radius 2 is 2.00 bits per heavy atom. The van der Waals surface area contributed by atoms with Crippen LogP contribution in [0.25, 0.3) is 10.9 Å². The van der Waals surface area contributed by atoms with Gasteiger partial charge in [0.2, 0.25) is 0 Å². The molecule has 1 unspecified atom stereocenters. The lowest BCUT2D eigenvalue weighted by atomic mass is 10.2. The molecular formula is C11H13N3O3. The number of phenols is 1. The summed E-state index contributed by atoms with van der Waals surface area (Å²) < 4.78 is 2.28. The fourth-order valence-corrected chi connectivity index (χ4v) is 1.82. The summed E-state index contributed by atoms with van der Waals surface area (Å²) in [5.41, 5.74) is 5.05. The zero-order valence-corrected chi connectivity index (χ0v) is 9.54. The molecule has 6 nitrogen and oxygen atoms in total. The molecule has 17 heavy (non-hydrogen) atoms. The van der Waals surface area contributed by atoms with Gasteiger partial charge in [-0.3, -0.25) is 9.36 Å². The molecule has 0 spiro atoms. The number of nitrogens with two attached hydrogens (primary N) is 1. The number of benzene rings is 1. The van der Waals surface area contributed by atoms with Gasteiger partial charge in [-0.15, -0.1) is 0 Å². The van der Waals surface area contributed by atoms with Gasteiger partial charge in [0.05, 0.1) is 17.1 Å². The third-order valence-electron chi connectivity index (χ3n) is 2.69. The molecule has 0 radical (unpaired) electrons. The molecule has 0 aliphatic heterocycles. The summed E-state index contributed by atoms with van der Waals surface area (Å²) >= 11 is 0. The molecule has 0 saturated carbocycles. The number of aryl methyl sites for hydroxylation is 1. The number of hydrogen-bond acceptors (Lipinski definition) is 4. The van der Waals surface area contributed by atoms with Gasteiger partial charge in [0, 0.05) is 13.1 Å². The minimum atomic E-state index is -0.695. The van der Waals surface area contributed by atoms with E-state index in [4.69, 9.17) is 5.73 Å². The topological polar surface area (TPSA) is 90.2 Å². The summed E-state index contributed by atoms with van der Waals surface area (Å²) in [7, 11) is 1.53. The van der Waals surface area contributed by atoms with Gasteiger partial charge in [-0.1, -0.05) is 0 Å². The highest BCUT2D eigenvalue weighted by molar-refractivity contribution is 5.79. The summed E-state index contributed by atoms with van der Waals surface area (Å²) in [6, 6.07) is 4.26. The maximum absolute atomic E-state index is 12.0. The lowest BCUT2D eigenvalue weighted by Crippen LogP contribution is -2.43. The van der Waals surface area contributed by atoms with Crippen LogP contribution in [0, 0.1) is 0 Å². The van der Waals surface area contributed by atoms with Crippen molar-refractivity contribution in [2.45, 2.75) is 13.1 Å². The average molecular weight is 235 g/mol. The van der Waals surface area contributed by atoms with Crippen LogP contribution in [0.15, 0.2) is 27.8 Å². The summed E-state index contributed by atoms with van der Waals surface area (Å²) in [6.07, 6.45) is -0.695. The second-order valence-corrected chi connectivity index (χ2v) is 3.96. The third kappa shape index (κ3) is 1.62. The van der Waals surface area contributed by atoms with Crippen LogP contribution < -0.4 is 17.0 Å². The van der Waals surface area contributed by atoms with Crippen molar-refractivity contribution in [1.29, 1.82) is 0 Å². The number of nitrogens with zero attached hydrogens (tertiary/aromatic N) is 2. The van der Waals surface area contributed by atoms with Crippen molar-refractivity contribution in [3.05, 3.63) is 39.0 Å². The highest BCUT2D eigenvalue weighted by Gasteiger charge is 2.13. The number of hydrogen-bond donors (Lipinski definition) is 2. The minimum absolute atomic E-state index is 0.00504. The lowest BCUT2D eigenvalue weighted by Gasteiger charge is -2.13. The van der Waals surface area contributed by atoms with Gasteiger partial charge in [0.1, 0.15) is 5.75 Å². The van der Waals surface area contributed by atoms with Gasteiger partial charge in [0.15, 0.2) is 0 Å². The van der Waals surface area contributed by atoms with Crippen LogP contribution in [-0.4, -0.2) is 14.2 Å². The van der Waals surface area contributed by atoms with Gasteiger partial charge < -0.3 is 10.8 Å². The predicted octanol–water partition coefficient (Wildman–Crippen LogP) is -0.117. The zero-order valence-electron chi connectivity index (χ0n) is 9.54. The molecule has 2 rings (SSSR count). The SMILES string of the molecule is CC(N)n1c(=O)c2ccc(O)cc2n(C)c1=O. The minimum Gasteiger partial charge on any atom is -0.508 e. The highest BCUT2D eigenvalue weighted by atomic mass is 16.3. The molecule has 2 aromatic rings. The van der Waals surface area contributed by atoms with Crippen molar-refractivity contribution in [2.24, 2.45) is 12.8 Å². The molecule has 0 aliphatic carbocycles. The molecule has 3 N–H and O–H groups in total. The number of fused-ring (bicyclic) bond motifs is 1. The standard InChI is InChI=1S/C11H13N3O3/c1-6(12)14-10(16)8-4-3-7(15)5-9(8)13(2)11(14)17/h3-6,15H,12H2,1-2H3. The van der Waals surface area contributed by atoms with Crippen LogP contribution in [0.4, 0.5) is 0 Å². The Morgan fingerprint density at radius 3 is 2.59 bits per heavy atom. The fourth-order valence-electron chi connectivity index (χ4n) is 1.82. The fraction of sp³-hybridized carbons (Fsp3) is 0.273. The molecule has 6 heteroatoms. The maximum atomic E-state index is 12.0. The number of phenolic OH excluding ortho intramolecular Hbond substituents is 1. The van der Waals surface area contributed by atoms with E-state index in [0.29, 0.717) is 10.9 Å². The number of aromatic nitrogens is 2. The van der Waals surface area contributed by atoms with Crippen molar-refractivity contribution in [3.8, 4) is 5.75 Å². The lowest BCUT2D eigenvalue weighted by molar-refractivity contribution is 0.475. The van der Waals surface area contributed by atoms with E-state index in [1.807, 2.05) is 0 Å². The van der Waals surface area contributed by atoms with Crippen molar-refractivity contribution in [3.63, 3.8) is 0 Å². The Morgan fingerprint density at radius 1 is 1.35 bits per heavy atom. The van der Waals surface area contributed by atoms with Crippen LogP contribution in [0.5, 0.6) is 5.75 Å². The molecular weight excluding hydrogens is 222 g/mol. The second-order valence-electron chi connectivity index (χ2n) is 3.96. The first-order valence-corrected chi connectivity index (χ1v) is 5.13. The highest BCUT2D eigenvalue weighted by Crippen LogP contribution is 2.15. The van der Waals surface area contributed by atoms with E-state index in [2.05, 4.69) is 0 Å². The van der Waals surface area contributed by atoms with Crippen molar-refractivity contribution in [1.82, 2.24) is 9.13 Å². The molecule has 0 amide bonds. The number of rotatable bonds is 1. The van der Waals surface area contributed by atoms with Crippen LogP contribution in [0.3, 0.4) is 0 Å². The van der Waals surface area contributed by atoms with Crippen molar-refractivity contribution < 1.29 is 5.11 Å². The molecule has 1 heterocycles. The summed E-state index contributed by atoms with van der Waals surface area (Å²) in [5.74, 6) is 0.00504. The van der Waals surface area contributed by atoms with E-state index in [1.54, 1.807) is 6.92 Å². The van der Waals surface area contributed by atoms with E-state index in [9.17, 15) is 14.7 Å². The zero-order chi connectivity index (χ0) is 12.7. The molecule has 0 fully saturated rings. The van der Waals surface area contributed by atoms with E-state index in [0.717, 1.165) is 4.57 Å². The third-order valence-corrected chi connectivity index (χ3v) is 2.69. The number of aromatic hydroxyl groups is 1. The Hall–Kier alpha value is -2.08. The molecule has 0 saturated heterocycles. The van der Waals surface area contributed by atoms with E-state index < -0.39 is 17.4 Å². The normalized spacial score (nSPS) is 12.9. The van der Waals surface area contributed by atoms with Gasteiger partial charge in [-0.05, 0) is 19.1 Å². The predicted molar refractivity (Wildman–Crippen MR) is 64.0 cm³/mol. The van der Waals surface area contributed by atoms with Crippen LogP contribution in [0.2, 0.25) is 0 Å². The quantitative estimate of drug-likeness (QED) is 0.721. The van der Waals surface area contributed by atoms with Crippen LogP contribution >= 0.6 is 0 Å². The Balaban J connectivity index is 3.06. The van der Waals surface area contributed by atoms with E-state index in [1.165, 1.54) is 29.8 Å². The maximum Gasteiger partial charge on any atom is 0.332 e. The largest absolute Gasteiger partial charge is 0.508 e. The van der Waals surface area contributed by atoms with Gasteiger partial charge in [-0.25, -0.2) is 9.36 Å². The Bertz CT molecular complexity index is 697. The second kappa shape index (κ2) is 3.74.